The molecule has 0 aromatic carbocycles. The zero-order valence-corrected chi connectivity index (χ0v) is 7.88. The largest absolute Gasteiger partial charge is 0.381 e. The molecule has 0 aromatic rings. The fraction of sp³-hybridized carbons (Fsp3) is 0.889. The summed E-state index contributed by atoms with van der Waals surface area (Å²) in [6.07, 6.45) is 2.90. The van der Waals surface area contributed by atoms with Crippen LogP contribution in [0.5, 0.6) is 0 Å². The third-order valence-electron chi connectivity index (χ3n) is 2.32. The van der Waals surface area contributed by atoms with Crippen molar-refractivity contribution in [3.05, 3.63) is 0 Å². The molecule has 1 aliphatic heterocycles. The van der Waals surface area contributed by atoms with Crippen molar-refractivity contribution in [1.82, 2.24) is 4.90 Å². The first-order valence-electron chi connectivity index (χ1n) is 4.54. The predicted molar refractivity (Wildman–Crippen MR) is 46.9 cm³/mol. The zero-order valence-electron chi connectivity index (χ0n) is 7.88. The molecule has 0 aliphatic carbocycles. The van der Waals surface area contributed by atoms with Crippen molar-refractivity contribution in [2.45, 2.75) is 32.3 Å². The van der Waals surface area contributed by atoms with E-state index in [2.05, 4.69) is 0 Å². The van der Waals surface area contributed by atoms with Crippen molar-refractivity contribution in [2.75, 3.05) is 20.2 Å². The molecule has 1 rings (SSSR count). The van der Waals surface area contributed by atoms with Gasteiger partial charge in [0.2, 0.25) is 5.91 Å². The summed E-state index contributed by atoms with van der Waals surface area (Å²) in [6, 6.07) is 0. The highest BCUT2D eigenvalue weighted by Gasteiger charge is 2.19. The van der Waals surface area contributed by atoms with Crippen molar-refractivity contribution in [3.63, 3.8) is 0 Å². The maximum Gasteiger partial charge on any atom is 0.225 e. The van der Waals surface area contributed by atoms with Gasteiger partial charge in [-0.25, -0.2) is 0 Å². The number of rotatable bonds is 3. The van der Waals surface area contributed by atoms with Gasteiger partial charge in [0.05, 0.1) is 12.5 Å². The van der Waals surface area contributed by atoms with Crippen molar-refractivity contribution in [3.8, 4) is 0 Å². The molecule has 0 N–H and O–H groups in total. The number of carbonyl (C=O) groups is 1. The maximum atomic E-state index is 11.5. The van der Waals surface area contributed by atoms with Crippen LogP contribution in [0.25, 0.3) is 0 Å². The molecule has 0 unspecified atom stereocenters. The summed E-state index contributed by atoms with van der Waals surface area (Å²) in [5.41, 5.74) is 0. The molecule has 1 amide bonds. The topological polar surface area (TPSA) is 29.5 Å². The van der Waals surface area contributed by atoms with Crippen LogP contribution in [0.1, 0.15) is 26.2 Å². The lowest BCUT2D eigenvalue weighted by molar-refractivity contribution is -0.132. The Kier molecular flexibility index (Phi) is 3.53. The SMILES string of the molecule is CO[C@H](C)CC(=O)N1CCCC1. The number of hydrogen-bond donors (Lipinski definition) is 0. The molecule has 70 valence electrons. The Morgan fingerprint density at radius 1 is 1.50 bits per heavy atom. The number of ether oxygens (including phenoxy) is 1. The Hall–Kier alpha value is -0.570. The van der Waals surface area contributed by atoms with E-state index >= 15 is 0 Å². The third-order valence-corrected chi connectivity index (χ3v) is 2.32. The Morgan fingerprint density at radius 3 is 2.58 bits per heavy atom. The number of hydrogen-bond acceptors (Lipinski definition) is 2. The lowest BCUT2D eigenvalue weighted by atomic mass is 10.2. The van der Waals surface area contributed by atoms with E-state index in [-0.39, 0.29) is 12.0 Å². The molecular weight excluding hydrogens is 154 g/mol. The molecule has 0 saturated carbocycles. The van der Waals surface area contributed by atoms with Gasteiger partial charge >= 0.3 is 0 Å². The summed E-state index contributed by atoms with van der Waals surface area (Å²) in [6.45, 7) is 3.80. The Balaban J connectivity index is 2.27. The van der Waals surface area contributed by atoms with E-state index in [0.717, 1.165) is 25.9 Å². The van der Waals surface area contributed by atoms with E-state index in [1.165, 1.54) is 0 Å². The van der Waals surface area contributed by atoms with Gasteiger partial charge < -0.3 is 9.64 Å². The predicted octanol–water partition coefficient (Wildman–Crippen LogP) is 1.03. The monoisotopic (exact) mass is 171 g/mol. The minimum atomic E-state index is 0.0538. The standard InChI is InChI=1S/C9H17NO2/c1-8(12-2)7-9(11)10-5-3-4-6-10/h8H,3-7H2,1-2H3/t8-/m1/s1. The van der Waals surface area contributed by atoms with Gasteiger partial charge in [0.1, 0.15) is 0 Å². The first-order chi connectivity index (χ1) is 5.74. The average Bonchev–Trinajstić information content (AvgIpc) is 2.56. The van der Waals surface area contributed by atoms with Crippen molar-refractivity contribution in [1.29, 1.82) is 0 Å². The summed E-state index contributed by atoms with van der Waals surface area (Å²) >= 11 is 0. The highest BCUT2D eigenvalue weighted by Crippen LogP contribution is 2.10. The highest BCUT2D eigenvalue weighted by atomic mass is 16.5. The van der Waals surface area contributed by atoms with Crippen molar-refractivity contribution >= 4 is 5.91 Å². The van der Waals surface area contributed by atoms with Crippen LogP contribution in [-0.2, 0) is 9.53 Å². The van der Waals surface area contributed by atoms with Gasteiger partial charge in [-0.2, -0.15) is 0 Å². The molecule has 1 saturated heterocycles. The molecule has 0 aromatic heterocycles. The molecule has 1 fully saturated rings. The molecule has 0 radical (unpaired) electrons. The van der Waals surface area contributed by atoms with Crippen LogP contribution >= 0.6 is 0 Å². The fourth-order valence-corrected chi connectivity index (χ4v) is 1.42. The van der Waals surface area contributed by atoms with E-state index in [9.17, 15) is 4.79 Å². The van der Waals surface area contributed by atoms with Crippen LogP contribution < -0.4 is 0 Å². The Bertz CT molecular complexity index is 153. The lowest BCUT2D eigenvalue weighted by Crippen LogP contribution is -2.30. The molecule has 1 atom stereocenters. The molecule has 1 aliphatic rings. The maximum absolute atomic E-state index is 11.5. The summed E-state index contributed by atoms with van der Waals surface area (Å²) in [5, 5.41) is 0. The minimum Gasteiger partial charge on any atom is -0.381 e. The molecule has 3 heteroatoms. The number of likely N-dealkylation sites (tertiary alicyclic amines) is 1. The molecular formula is C9H17NO2. The third kappa shape index (κ3) is 2.48. The minimum absolute atomic E-state index is 0.0538. The van der Waals surface area contributed by atoms with Crippen LogP contribution in [0.2, 0.25) is 0 Å². The summed E-state index contributed by atoms with van der Waals surface area (Å²) in [5.74, 6) is 0.238. The number of nitrogens with zero attached hydrogens (tertiary/aromatic N) is 1. The van der Waals surface area contributed by atoms with Gasteiger partial charge in [-0.15, -0.1) is 0 Å². The zero-order chi connectivity index (χ0) is 8.97. The van der Waals surface area contributed by atoms with E-state index < -0.39 is 0 Å². The second kappa shape index (κ2) is 4.45. The quantitative estimate of drug-likeness (QED) is 0.635. The summed E-state index contributed by atoms with van der Waals surface area (Å²) < 4.78 is 5.03. The Labute approximate surface area is 73.7 Å². The normalized spacial score (nSPS) is 19.7. The molecule has 1 heterocycles. The molecule has 12 heavy (non-hydrogen) atoms. The average molecular weight is 171 g/mol. The van der Waals surface area contributed by atoms with E-state index in [4.69, 9.17) is 4.74 Å². The van der Waals surface area contributed by atoms with Crippen molar-refractivity contribution < 1.29 is 9.53 Å². The highest BCUT2D eigenvalue weighted by molar-refractivity contribution is 5.76. The van der Waals surface area contributed by atoms with Crippen LogP contribution in [0.15, 0.2) is 0 Å². The van der Waals surface area contributed by atoms with E-state index in [1.54, 1.807) is 7.11 Å². The summed E-state index contributed by atoms with van der Waals surface area (Å²) in [7, 11) is 1.64. The Morgan fingerprint density at radius 2 is 2.08 bits per heavy atom. The van der Waals surface area contributed by atoms with Gasteiger partial charge in [-0.05, 0) is 19.8 Å². The number of amides is 1. The van der Waals surface area contributed by atoms with Gasteiger partial charge in [0, 0.05) is 20.2 Å². The van der Waals surface area contributed by atoms with E-state index in [0.29, 0.717) is 6.42 Å². The van der Waals surface area contributed by atoms with Gasteiger partial charge in [-0.1, -0.05) is 0 Å². The van der Waals surface area contributed by atoms with Crippen LogP contribution in [0, 0.1) is 0 Å². The fourth-order valence-electron chi connectivity index (χ4n) is 1.42. The van der Waals surface area contributed by atoms with E-state index in [1.807, 2.05) is 11.8 Å². The van der Waals surface area contributed by atoms with Gasteiger partial charge in [-0.3, -0.25) is 4.79 Å². The smallest absolute Gasteiger partial charge is 0.225 e. The number of carbonyl (C=O) groups excluding carboxylic acids is 1. The molecule has 0 bridgehead atoms. The second-order valence-corrected chi connectivity index (χ2v) is 3.34. The van der Waals surface area contributed by atoms with Gasteiger partial charge in [0.15, 0.2) is 0 Å². The van der Waals surface area contributed by atoms with Crippen LogP contribution in [0.4, 0.5) is 0 Å². The molecule has 3 nitrogen and oxygen atoms in total. The number of methoxy groups -OCH3 is 1. The van der Waals surface area contributed by atoms with Crippen LogP contribution in [-0.4, -0.2) is 37.1 Å². The lowest BCUT2D eigenvalue weighted by Gasteiger charge is -2.17. The van der Waals surface area contributed by atoms with Crippen molar-refractivity contribution in [2.24, 2.45) is 0 Å². The van der Waals surface area contributed by atoms with Crippen LogP contribution in [0.3, 0.4) is 0 Å². The van der Waals surface area contributed by atoms with Gasteiger partial charge in [0.25, 0.3) is 0 Å². The first kappa shape index (κ1) is 9.52. The molecule has 0 spiro atoms. The summed E-state index contributed by atoms with van der Waals surface area (Å²) in [4.78, 5) is 13.4. The second-order valence-electron chi connectivity index (χ2n) is 3.34. The first-order valence-corrected chi connectivity index (χ1v) is 4.54.